The fourth-order valence-corrected chi connectivity index (χ4v) is 3.11. The molecule has 0 aliphatic heterocycles. The molecule has 138 valence electrons. The number of carbonyl (C=O) groups excluding carboxylic acids is 1. The topological polar surface area (TPSA) is 99.1 Å². The molecule has 4 aromatic rings. The smallest absolute Gasteiger partial charge is 0.350 e. The molecule has 0 fully saturated rings. The number of hydrogen-bond acceptors (Lipinski definition) is 5. The molecule has 0 radical (unpaired) electrons. The summed E-state index contributed by atoms with van der Waals surface area (Å²) in [5.41, 5.74) is 2.15. The van der Waals surface area contributed by atoms with Crippen LogP contribution >= 0.6 is 0 Å². The van der Waals surface area contributed by atoms with Gasteiger partial charge >= 0.3 is 5.69 Å². The molecule has 0 aliphatic carbocycles. The Labute approximate surface area is 154 Å². The van der Waals surface area contributed by atoms with Crippen LogP contribution < -0.4 is 11.0 Å². The van der Waals surface area contributed by atoms with Crippen molar-refractivity contribution in [3.05, 3.63) is 59.0 Å². The number of nitrogens with zero attached hydrogens (tertiary/aromatic N) is 6. The average Bonchev–Trinajstić information content (AvgIpc) is 3.31. The number of hydrogen-bond donors (Lipinski definition) is 1. The van der Waals surface area contributed by atoms with Gasteiger partial charge < -0.3 is 5.32 Å². The van der Waals surface area contributed by atoms with Crippen LogP contribution in [0.15, 0.2) is 47.8 Å². The van der Waals surface area contributed by atoms with Crippen LogP contribution in [0.25, 0.3) is 16.6 Å². The summed E-state index contributed by atoms with van der Waals surface area (Å²) in [6.45, 7) is 4.24. The summed E-state index contributed by atoms with van der Waals surface area (Å²) >= 11 is 0. The molecule has 3 aromatic heterocycles. The van der Waals surface area contributed by atoms with Gasteiger partial charge in [-0.15, -0.1) is 5.10 Å². The lowest BCUT2D eigenvalue weighted by molar-refractivity contribution is -0.124. The SMILES string of the molecule is Cc1cc2ccccc2n2c(=O)n(CCNC(=O)[C@H](C)n3cncn3)nc12. The van der Waals surface area contributed by atoms with Crippen LogP contribution in [0.3, 0.4) is 0 Å². The standard InChI is InChI=1S/C18H19N7O2/c1-12-9-14-5-3-4-6-15(14)25-16(12)22-23(18(25)27)8-7-20-17(26)13(2)24-11-19-10-21-24/h3-6,9-11,13H,7-8H2,1-2H3,(H,20,26)/t13-/m0/s1. The maximum atomic E-state index is 12.8. The highest BCUT2D eigenvalue weighted by atomic mass is 16.2. The first-order valence-corrected chi connectivity index (χ1v) is 8.66. The van der Waals surface area contributed by atoms with E-state index in [2.05, 4.69) is 20.5 Å². The van der Waals surface area contributed by atoms with Crippen molar-refractivity contribution in [3.63, 3.8) is 0 Å². The number of aryl methyl sites for hydroxylation is 1. The monoisotopic (exact) mass is 365 g/mol. The molecule has 1 amide bonds. The first-order chi connectivity index (χ1) is 13.1. The molecular weight excluding hydrogens is 346 g/mol. The largest absolute Gasteiger partial charge is 0.352 e. The Morgan fingerprint density at radius 2 is 2.11 bits per heavy atom. The Morgan fingerprint density at radius 3 is 2.89 bits per heavy atom. The van der Waals surface area contributed by atoms with Gasteiger partial charge in [0.05, 0.1) is 12.1 Å². The number of nitrogens with one attached hydrogen (secondary N) is 1. The van der Waals surface area contributed by atoms with Gasteiger partial charge in [0.25, 0.3) is 0 Å². The molecule has 0 saturated carbocycles. The van der Waals surface area contributed by atoms with Crippen molar-refractivity contribution in [3.8, 4) is 0 Å². The number of rotatable bonds is 5. The van der Waals surface area contributed by atoms with Crippen molar-refractivity contribution in [2.75, 3.05) is 6.54 Å². The van der Waals surface area contributed by atoms with Crippen LogP contribution in [-0.2, 0) is 11.3 Å². The van der Waals surface area contributed by atoms with E-state index in [0.717, 1.165) is 16.5 Å². The lowest BCUT2D eigenvalue weighted by atomic mass is 10.1. The molecule has 27 heavy (non-hydrogen) atoms. The Morgan fingerprint density at radius 1 is 1.30 bits per heavy atom. The van der Waals surface area contributed by atoms with Gasteiger partial charge in [-0.2, -0.15) is 5.10 Å². The van der Waals surface area contributed by atoms with Crippen LogP contribution in [0.5, 0.6) is 0 Å². The van der Waals surface area contributed by atoms with Crippen molar-refractivity contribution in [1.82, 2.24) is 34.3 Å². The summed E-state index contributed by atoms with van der Waals surface area (Å²) in [4.78, 5) is 28.9. The predicted molar refractivity (Wildman–Crippen MR) is 99.4 cm³/mol. The van der Waals surface area contributed by atoms with E-state index < -0.39 is 6.04 Å². The van der Waals surface area contributed by atoms with Crippen molar-refractivity contribution in [2.45, 2.75) is 26.4 Å². The van der Waals surface area contributed by atoms with E-state index in [4.69, 9.17) is 0 Å². The number of amides is 1. The molecule has 9 nitrogen and oxygen atoms in total. The van der Waals surface area contributed by atoms with Crippen molar-refractivity contribution in [2.24, 2.45) is 0 Å². The quantitative estimate of drug-likeness (QED) is 0.567. The number of benzene rings is 1. The molecule has 4 rings (SSSR count). The van der Waals surface area contributed by atoms with Gasteiger partial charge in [-0.05, 0) is 36.9 Å². The van der Waals surface area contributed by atoms with E-state index >= 15 is 0 Å². The molecule has 9 heteroatoms. The van der Waals surface area contributed by atoms with E-state index in [1.54, 1.807) is 11.3 Å². The van der Waals surface area contributed by atoms with Crippen LogP contribution in [0.2, 0.25) is 0 Å². The Bertz CT molecular complexity index is 1170. The van der Waals surface area contributed by atoms with Crippen LogP contribution in [-0.4, -0.2) is 41.4 Å². The molecule has 1 aromatic carbocycles. The molecule has 0 saturated heterocycles. The predicted octanol–water partition coefficient (Wildman–Crippen LogP) is 0.927. The first kappa shape index (κ1) is 17.0. The van der Waals surface area contributed by atoms with Gasteiger partial charge in [0, 0.05) is 6.54 Å². The number of fused-ring (bicyclic) bond motifs is 3. The van der Waals surface area contributed by atoms with Gasteiger partial charge in [0.1, 0.15) is 18.7 Å². The number of aromatic nitrogens is 6. The van der Waals surface area contributed by atoms with Gasteiger partial charge in [0.2, 0.25) is 5.91 Å². The molecule has 0 aliphatic rings. The zero-order valence-corrected chi connectivity index (χ0v) is 15.0. The summed E-state index contributed by atoms with van der Waals surface area (Å²) in [5.74, 6) is -0.195. The number of carbonyl (C=O) groups is 1. The molecule has 0 bridgehead atoms. The number of para-hydroxylation sites is 1. The molecule has 1 N–H and O–H groups in total. The van der Waals surface area contributed by atoms with E-state index in [9.17, 15) is 9.59 Å². The lowest BCUT2D eigenvalue weighted by Crippen LogP contribution is -2.35. The minimum absolute atomic E-state index is 0.195. The normalized spacial score (nSPS) is 12.5. The van der Waals surface area contributed by atoms with Gasteiger partial charge in [-0.25, -0.2) is 23.5 Å². The lowest BCUT2D eigenvalue weighted by Gasteiger charge is -2.11. The fraction of sp³-hybridized carbons (Fsp3) is 0.278. The van der Waals surface area contributed by atoms with Crippen molar-refractivity contribution >= 4 is 22.5 Å². The summed E-state index contributed by atoms with van der Waals surface area (Å²) in [7, 11) is 0. The summed E-state index contributed by atoms with van der Waals surface area (Å²) in [5, 5.41) is 12.2. The highest BCUT2D eigenvalue weighted by molar-refractivity contribution is 5.83. The van der Waals surface area contributed by atoms with Gasteiger partial charge in [-0.3, -0.25) is 4.79 Å². The Kier molecular flexibility index (Phi) is 4.19. The number of pyridine rings is 1. The third kappa shape index (κ3) is 2.97. The molecule has 3 heterocycles. The molecule has 1 atom stereocenters. The molecule has 0 spiro atoms. The van der Waals surface area contributed by atoms with E-state index in [0.29, 0.717) is 12.2 Å². The van der Waals surface area contributed by atoms with E-state index in [-0.39, 0.29) is 18.1 Å². The third-order valence-electron chi connectivity index (χ3n) is 4.58. The van der Waals surface area contributed by atoms with Gasteiger partial charge in [-0.1, -0.05) is 18.2 Å². The van der Waals surface area contributed by atoms with Gasteiger partial charge in [0.15, 0.2) is 5.65 Å². The fourth-order valence-electron chi connectivity index (χ4n) is 3.11. The third-order valence-corrected chi connectivity index (χ3v) is 4.58. The van der Waals surface area contributed by atoms with Crippen molar-refractivity contribution in [1.29, 1.82) is 0 Å². The first-order valence-electron chi connectivity index (χ1n) is 8.66. The van der Waals surface area contributed by atoms with E-state index in [1.165, 1.54) is 22.0 Å². The average molecular weight is 365 g/mol. The second-order valence-electron chi connectivity index (χ2n) is 6.39. The maximum absolute atomic E-state index is 12.8. The summed E-state index contributed by atoms with van der Waals surface area (Å²) < 4.78 is 4.47. The second-order valence-corrected chi connectivity index (χ2v) is 6.39. The van der Waals surface area contributed by atoms with Crippen molar-refractivity contribution < 1.29 is 4.79 Å². The van der Waals surface area contributed by atoms with Crippen LogP contribution in [0.1, 0.15) is 18.5 Å². The molecular formula is C18H19N7O2. The highest BCUT2D eigenvalue weighted by Crippen LogP contribution is 2.17. The minimum Gasteiger partial charge on any atom is -0.352 e. The molecule has 0 unspecified atom stereocenters. The minimum atomic E-state index is -0.475. The summed E-state index contributed by atoms with van der Waals surface area (Å²) in [6.07, 6.45) is 2.87. The zero-order valence-electron chi connectivity index (χ0n) is 15.0. The van der Waals surface area contributed by atoms with Crippen LogP contribution in [0, 0.1) is 6.92 Å². The second kappa shape index (κ2) is 6.67. The highest BCUT2D eigenvalue weighted by Gasteiger charge is 2.16. The Balaban J connectivity index is 1.55. The zero-order chi connectivity index (χ0) is 19.0. The maximum Gasteiger partial charge on any atom is 0.350 e. The van der Waals surface area contributed by atoms with E-state index in [1.807, 2.05) is 37.3 Å². The van der Waals surface area contributed by atoms with Crippen LogP contribution in [0.4, 0.5) is 0 Å². The Hall–Kier alpha value is -3.49. The summed E-state index contributed by atoms with van der Waals surface area (Å²) in [6, 6.07) is 9.25.